The van der Waals surface area contributed by atoms with E-state index in [-0.39, 0.29) is 5.84 Å². The monoisotopic (exact) mass is 291 g/mol. The fraction of sp³-hybridized carbons (Fsp3) is 0.909. The molecule has 112 valence electrons. The number of likely N-dealkylation sites (tertiary alicyclic amines) is 1. The molecule has 0 atom stereocenters. The van der Waals surface area contributed by atoms with E-state index in [1.54, 1.807) is 20.8 Å². The third-order valence-electron chi connectivity index (χ3n) is 3.13. The van der Waals surface area contributed by atoms with Gasteiger partial charge in [-0.1, -0.05) is 0 Å². The summed E-state index contributed by atoms with van der Waals surface area (Å²) < 4.78 is 29.3. The Bertz CT molecular complexity index is 432. The third-order valence-corrected chi connectivity index (χ3v) is 4.67. The van der Waals surface area contributed by atoms with Crippen molar-refractivity contribution in [3.05, 3.63) is 0 Å². The molecule has 19 heavy (non-hydrogen) atoms. The van der Waals surface area contributed by atoms with Crippen molar-refractivity contribution in [1.82, 2.24) is 14.3 Å². The molecule has 0 aromatic carbocycles. The molecule has 7 nitrogen and oxygen atoms in total. The Morgan fingerprint density at radius 1 is 1.32 bits per heavy atom. The molecule has 1 saturated heterocycles. The van der Waals surface area contributed by atoms with Crippen LogP contribution < -0.4 is 15.2 Å². The summed E-state index contributed by atoms with van der Waals surface area (Å²) in [5, 5.41) is 7.72. The molecule has 0 aromatic heterocycles. The first-order chi connectivity index (χ1) is 8.46. The lowest BCUT2D eigenvalue weighted by Crippen LogP contribution is -2.64. The van der Waals surface area contributed by atoms with Crippen LogP contribution in [-0.4, -0.2) is 50.4 Å². The van der Waals surface area contributed by atoms with Crippen molar-refractivity contribution in [2.75, 3.05) is 20.1 Å². The SMILES string of the molecule is CN1CCC(NS(=O)(=O)NC(C)(C)C)(C(=N)N)CC1. The lowest BCUT2D eigenvalue weighted by Gasteiger charge is -2.40. The van der Waals surface area contributed by atoms with E-state index in [1.807, 2.05) is 7.05 Å². The molecule has 0 saturated carbocycles. The summed E-state index contributed by atoms with van der Waals surface area (Å²) >= 11 is 0. The molecule has 0 radical (unpaired) electrons. The number of hydrogen-bond acceptors (Lipinski definition) is 4. The van der Waals surface area contributed by atoms with Gasteiger partial charge < -0.3 is 10.6 Å². The molecular formula is C11H25N5O2S. The number of nitrogens with two attached hydrogens (primary N) is 1. The number of nitrogens with zero attached hydrogens (tertiary/aromatic N) is 1. The minimum atomic E-state index is -3.70. The fourth-order valence-electron chi connectivity index (χ4n) is 2.11. The molecule has 0 spiro atoms. The van der Waals surface area contributed by atoms with Gasteiger partial charge in [0.15, 0.2) is 0 Å². The number of amidine groups is 1. The zero-order valence-electron chi connectivity index (χ0n) is 12.1. The van der Waals surface area contributed by atoms with E-state index in [0.29, 0.717) is 25.9 Å². The van der Waals surface area contributed by atoms with Crippen LogP contribution in [0.4, 0.5) is 0 Å². The van der Waals surface area contributed by atoms with E-state index < -0.39 is 21.3 Å². The van der Waals surface area contributed by atoms with E-state index in [9.17, 15) is 8.42 Å². The van der Waals surface area contributed by atoms with Gasteiger partial charge in [0.25, 0.3) is 10.2 Å². The van der Waals surface area contributed by atoms with Crippen molar-refractivity contribution in [2.24, 2.45) is 5.73 Å². The molecule has 1 aliphatic rings. The van der Waals surface area contributed by atoms with Crippen LogP contribution in [0.25, 0.3) is 0 Å². The predicted molar refractivity (Wildman–Crippen MR) is 76.3 cm³/mol. The lowest BCUT2D eigenvalue weighted by molar-refractivity contribution is 0.218. The Balaban J connectivity index is 2.89. The van der Waals surface area contributed by atoms with Crippen molar-refractivity contribution in [1.29, 1.82) is 5.41 Å². The summed E-state index contributed by atoms with van der Waals surface area (Å²) in [5.74, 6) is -0.125. The molecule has 0 aliphatic carbocycles. The summed E-state index contributed by atoms with van der Waals surface area (Å²) in [5.41, 5.74) is 4.09. The van der Waals surface area contributed by atoms with Gasteiger partial charge in [-0.3, -0.25) is 5.41 Å². The highest BCUT2D eigenvalue weighted by atomic mass is 32.2. The van der Waals surface area contributed by atoms with Crippen LogP contribution in [0.3, 0.4) is 0 Å². The van der Waals surface area contributed by atoms with Gasteiger partial charge in [-0.2, -0.15) is 17.9 Å². The van der Waals surface area contributed by atoms with Gasteiger partial charge in [0, 0.05) is 18.6 Å². The highest BCUT2D eigenvalue weighted by Crippen LogP contribution is 2.22. The molecule has 1 aliphatic heterocycles. The average molecular weight is 291 g/mol. The fourth-order valence-corrected chi connectivity index (χ4v) is 3.80. The van der Waals surface area contributed by atoms with Gasteiger partial charge in [-0.05, 0) is 40.7 Å². The van der Waals surface area contributed by atoms with Crippen LogP contribution in [-0.2, 0) is 10.2 Å². The van der Waals surface area contributed by atoms with E-state index >= 15 is 0 Å². The van der Waals surface area contributed by atoms with Gasteiger partial charge in [0.05, 0.1) is 5.54 Å². The molecule has 8 heteroatoms. The van der Waals surface area contributed by atoms with Crippen LogP contribution in [0, 0.1) is 5.41 Å². The van der Waals surface area contributed by atoms with Gasteiger partial charge in [-0.25, -0.2) is 0 Å². The number of rotatable bonds is 4. The quantitative estimate of drug-likeness (QED) is 0.417. The second-order valence-corrected chi connectivity index (χ2v) is 7.67. The molecular weight excluding hydrogens is 266 g/mol. The maximum atomic E-state index is 12.1. The van der Waals surface area contributed by atoms with Crippen LogP contribution in [0.5, 0.6) is 0 Å². The second kappa shape index (κ2) is 5.35. The van der Waals surface area contributed by atoms with Crippen molar-refractivity contribution in [2.45, 2.75) is 44.7 Å². The van der Waals surface area contributed by atoms with Gasteiger partial charge >= 0.3 is 0 Å². The Labute approximate surface area is 115 Å². The summed E-state index contributed by atoms with van der Waals surface area (Å²) in [6, 6.07) is 0. The van der Waals surface area contributed by atoms with E-state index in [2.05, 4.69) is 14.3 Å². The van der Waals surface area contributed by atoms with Gasteiger partial charge in [-0.15, -0.1) is 0 Å². The third kappa shape index (κ3) is 4.72. The Morgan fingerprint density at radius 2 is 1.79 bits per heavy atom. The predicted octanol–water partition coefficient (Wildman–Crippen LogP) is -0.391. The summed E-state index contributed by atoms with van der Waals surface area (Å²) in [7, 11) is -1.73. The number of piperidine rings is 1. The maximum absolute atomic E-state index is 12.1. The summed E-state index contributed by atoms with van der Waals surface area (Å²) in [6.07, 6.45) is 1.01. The van der Waals surface area contributed by atoms with Crippen molar-refractivity contribution < 1.29 is 8.42 Å². The zero-order valence-corrected chi connectivity index (χ0v) is 12.9. The molecule has 0 amide bonds. The van der Waals surface area contributed by atoms with Crippen LogP contribution >= 0.6 is 0 Å². The molecule has 0 bridgehead atoms. The lowest BCUT2D eigenvalue weighted by atomic mass is 9.88. The molecule has 0 unspecified atom stereocenters. The minimum absolute atomic E-state index is 0.125. The Hall–Kier alpha value is -0.700. The molecule has 1 fully saturated rings. The van der Waals surface area contributed by atoms with E-state index in [1.165, 1.54) is 0 Å². The smallest absolute Gasteiger partial charge is 0.278 e. The van der Waals surface area contributed by atoms with Crippen molar-refractivity contribution >= 4 is 16.0 Å². The van der Waals surface area contributed by atoms with Crippen molar-refractivity contribution in [3.63, 3.8) is 0 Å². The first kappa shape index (κ1) is 16.4. The normalized spacial score (nSPS) is 21.3. The summed E-state index contributed by atoms with van der Waals surface area (Å²) in [4.78, 5) is 2.09. The van der Waals surface area contributed by atoms with E-state index in [0.717, 1.165) is 0 Å². The van der Waals surface area contributed by atoms with Crippen LogP contribution in [0.1, 0.15) is 33.6 Å². The van der Waals surface area contributed by atoms with Crippen LogP contribution in [0.15, 0.2) is 0 Å². The van der Waals surface area contributed by atoms with Crippen LogP contribution in [0.2, 0.25) is 0 Å². The maximum Gasteiger partial charge on any atom is 0.278 e. The van der Waals surface area contributed by atoms with Gasteiger partial charge in [0.2, 0.25) is 0 Å². The van der Waals surface area contributed by atoms with E-state index in [4.69, 9.17) is 11.1 Å². The first-order valence-corrected chi connectivity index (χ1v) is 7.80. The first-order valence-electron chi connectivity index (χ1n) is 6.32. The highest BCUT2D eigenvalue weighted by molar-refractivity contribution is 7.87. The zero-order chi connectivity index (χ0) is 14.9. The highest BCUT2D eigenvalue weighted by Gasteiger charge is 2.40. The van der Waals surface area contributed by atoms with Gasteiger partial charge in [0.1, 0.15) is 5.84 Å². The number of nitrogens with one attached hydrogen (secondary N) is 3. The molecule has 1 rings (SSSR count). The molecule has 5 N–H and O–H groups in total. The molecule has 0 aromatic rings. The second-order valence-electron chi connectivity index (χ2n) is 6.26. The summed E-state index contributed by atoms with van der Waals surface area (Å²) in [6.45, 7) is 6.71. The standard InChI is InChI=1S/C11H25N5O2S/c1-10(2,3)14-19(17,18)15-11(9(12)13)5-7-16(4)8-6-11/h14-15H,5-8H2,1-4H3,(H3,12,13). The Morgan fingerprint density at radius 3 is 2.16 bits per heavy atom. The van der Waals surface area contributed by atoms with Crippen molar-refractivity contribution in [3.8, 4) is 0 Å². The average Bonchev–Trinajstić information content (AvgIpc) is 2.17. The largest absolute Gasteiger partial charge is 0.386 e. The Kier molecular flexibility index (Phi) is 4.61. The molecule has 1 heterocycles. The minimum Gasteiger partial charge on any atom is -0.386 e. The topological polar surface area (TPSA) is 111 Å². The number of hydrogen-bond donors (Lipinski definition) is 4.